The Bertz CT molecular complexity index is 842. The van der Waals surface area contributed by atoms with E-state index in [2.05, 4.69) is 33.4 Å². The van der Waals surface area contributed by atoms with E-state index in [-0.39, 0.29) is 5.82 Å². The third kappa shape index (κ3) is 5.20. The van der Waals surface area contributed by atoms with E-state index in [0.717, 1.165) is 49.0 Å². The van der Waals surface area contributed by atoms with Gasteiger partial charge in [0.25, 0.3) is 0 Å². The second kappa shape index (κ2) is 9.34. The molecule has 1 N–H and O–H groups in total. The Hall–Kier alpha value is -2.18. The van der Waals surface area contributed by atoms with Gasteiger partial charge in [0.1, 0.15) is 11.6 Å². The van der Waals surface area contributed by atoms with Gasteiger partial charge in [-0.25, -0.2) is 9.37 Å². The van der Waals surface area contributed by atoms with Crippen molar-refractivity contribution >= 4 is 26.7 Å². The first kappa shape index (κ1) is 19.2. The Morgan fingerprint density at radius 3 is 2.68 bits per heavy atom. The molecule has 148 valence electrons. The zero-order valence-corrected chi connectivity index (χ0v) is 16.8. The molecule has 0 amide bonds. The third-order valence-corrected chi connectivity index (χ3v) is 6.24. The van der Waals surface area contributed by atoms with Crippen molar-refractivity contribution in [2.45, 2.75) is 19.3 Å². The molecule has 1 aliphatic rings. The van der Waals surface area contributed by atoms with Crippen molar-refractivity contribution in [3.63, 3.8) is 0 Å². The van der Waals surface area contributed by atoms with E-state index in [1.165, 1.54) is 29.7 Å². The van der Waals surface area contributed by atoms with Crippen LogP contribution in [0.3, 0.4) is 0 Å². The van der Waals surface area contributed by atoms with Crippen LogP contribution in [0.25, 0.3) is 10.2 Å². The molecule has 28 heavy (non-hydrogen) atoms. The highest BCUT2D eigenvalue weighted by Gasteiger charge is 2.19. The fourth-order valence-corrected chi connectivity index (χ4v) is 4.48. The SMILES string of the molecule is Fc1ccc(OCCCN2CCC(CNc3nc4ccccc4s3)CC2)cc1. The van der Waals surface area contributed by atoms with Gasteiger partial charge in [0, 0.05) is 13.1 Å². The molecule has 6 heteroatoms. The Morgan fingerprint density at radius 2 is 1.89 bits per heavy atom. The number of hydrogen-bond acceptors (Lipinski definition) is 5. The quantitative estimate of drug-likeness (QED) is 0.539. The minimum Gasteiger partial charge on any atom is -0.494 e. The lowest BCUT2D eigenvalue weighted by atomic mass is 9.97. The molecule has 0 atom stereocenters. The highest BCUT2D eigenvalue weighted by Crippen LogP contribution is 2.26. The molecule has 2 heterocycles. The van der Waals surface area contributed by atoms with Crippen LogP contribution in [0.2, 0.25) is 0 Å². The molecule has 4 rings (SSSR count). The zero-order valence-electron chi connectivity index (χ0n) is 15.9. The summed E-state index contributed by atoms with van der Waals surface area (Å²) in [4.78, 5) is 7.17. The Kier molecular flexibility index (Phi) is 6.39. The molecule has 1 aliphatic heterocycles. The largest absolute Gasteiger partial charge is 0.494 e. The summed E-state index contributed by atoms with van der Waals surface area (Å²) in [5, 5.41) is 4.56. The van der Waals surface area contributed by atoms with Gasteiger partial charge in [-0.1, -0.05) is 23.5 Å². The number of nitrogens with one attached hydrogen (secondary N) is 1. The summed E-state index contributed by atoms with van der Waals surface area (Å²) in [7, 11) is 0. The van der Waals surface area contributed by atoms with Gasteiger partial charge < -0.3 is 15.0 Å². The summed E-state index contributed by atoms with van der Waals surface area (Å²) in [6, 6.07) is 14.5. The zero-order chi connectivity index (χ0) is 19.2. The van der Waals surface area contributed by atoms with E-state index in [9.17, 15) is 4.39 Å². The number of aromatic nitrogens is 1. The molecule has 1 saturated heterocycles. The van der Waals surface area contributed by atoms with Crippen molar-refractivity contribution < 1.29 is 9.13 Å². The molecule has 0 saturated carbocycles. The number of rotatable bonds is 8. The number of hydrogen-bond donors (Lipinski definition) is 1. The van der Waals surface area contributed by atoms with E-state index >= 15 is 0 Å². The highest BCUT2D eigenvalue weighted by molar-refractivity contribution is 7.22. The smallest absolute Gasteiger partial charge is 0.183 e. The maximum Gasteiger partial charge on any atom is 0.183 e. The number of thiazole rings is 1. The first-order valence-electron chi connectivity index (χ1n) is 9.96. The summed E-state index contributed by atoms with van der Waals surface area (Å²) in [6.07, 6.45) is 3.43. The monoisotopic (exact) mass is 399 g/mol. The molecule has 0 radical (unpaired) electrons. The van der Waals surface area contributed by atoms with Crippen LogP contribution in [-0.4, -0.2) is 42.7 Å². The number of anilines is 1. The fraction of sp³-hybridized carbons (Fsp3) is 0.409. The van der Waals surface area contributed by atoms with E-state index in [4.69, 9.17) is 4.74 Å². The highest BCUT2D eigenvalue weighted by atomic mass is 32.1. The second-order valence-corrected chi connectivity index (χ2v) is 8.34. The first-order valence-corrected chi connectivity index (χ1v) is 10.8. The summed E-state index contributed by atoms with van der Waals surface area (Å²) in [5.74, 6) is 1.22. The Labute approximate surface area is 169 Å². The van der Waals surface area contributed by atoms with Crippen LogP contribution in [0, 0.1) is 11.7 Å². The standard InChI is InChI=1S/C22H26FN3OS/c23-18-6-8-19(9-7-18)27-15-3-12-26-13-10-17(11-14-26)16-24-22-25-20-4-1-2-5-21(20)28-22/h1-2,4-9,17H,3,10-16H2,(H,24,25). The van der Waals surface area contributed by atoms with Crippen LogP contribution in [0.5, 0.6) is 5.75 Å². The van der Waals surface area contributed by atoms with Gasteiger partial charge in [0.15, 0.2) is 5.13 Å². The number of likely N-dealkylation sites (tertiary alicyclic amines) is 1. The molecule has 0 spiro atoms. The minimum atomic E-state index is -0.229. The number of piperidine rings is 1. The molecule has 1 aromatic heterocycles. The van der Waals surface area contributed by atoms with E-state index in [0.29, 0.717) is 12.5 Å². The lowest BCUT2D eigenvalue weighted by Gasteiger charge is -2.31. The molecule has 2 aromatic carbocycles. The number of ether oxygens (including phenoxy) is 1. The van der Waals surface area contributed by atoms with Crippen LogP contribution in [0.15, 0.2) is 48.5 Å². The van der Waals surface area contributed by atoms with Crippen molar-refractivity contribution in [3.05, 3.63) is 54.3 Å². The van der Waals surface area contributed by atoms with Gasteiger partial charge in [0.05, 0.1) is 16.8 Å². The van der Waals surface area contributed by atoms with Crippen LogP contribution < -0.4 is 10.1 Å². The van der Waals surface area contributed by atoms with Crippen LogP contribution in [-0.2, 0) is 0 Å². The molecule has 0 bridgehead atoms. The van der Waals surface area contributed by atoms with Gasteiger partial charge >= 0.3 is 0 Å². The van der Waals surface area contributed by atoms with Gasteiger partial charge in [0.2, 0.25) is 0 Å². The second-order valence-electron chi connectivity index (χ2n) is 7.31. The maximum absolute atomic E-state index is 12.9. The van der Waals surface area contributed by atoms with E-state index < -0.39 is 0 Å². The van der Waals surface area contributed by atoms with Gasteiger partial charge in [-0.2, -0.15) is 0 Å². The maximum atomic E-state index is 12.9. The summed E-state index contributed by atoms with van der Waals surface area (Å²) in [5.41, 5.74) is 1.08. The molecule has 1 fully saturated rings. The number of fused-ring (bicyclic) bond motifs is 1. The van der Waals surface area contributed by atoms with Crippen LogP contribution in [0.4, 0.5) is 9.52 Å². The molecule has 4 nitrogen and oxygen atoms in total. The number of halogens is 1. The Balaban J connectivity index is 1.12. The lowest BCUT2D eigenvalue weighted by molar-refractivity contribution is 0.175. The normalized spacial score (nSPS) is 15.8. The predicted octanol–water partition coefficient (Wildman–Crippen LogP) is 5.03. The van der Waals surface area contributed by atoms with Crippen LogP contribution >= 0.6 is 11.3 Å². The van der Waals surface area contributed by atoms with Crippen molar-refractivity contribution in [1.29, 1.82) is 0 Å². The number of nitrogens with zero attached hydrogens (tertiary/aromatic N) is 2. The average molecular weight is 400 g/mol. The van der Waals surface area contributed by atoms with E-state index in [1.807, 2.05) is 6.07 Å². The van der Waals surface area contributed by atoms with Crippen LogP contribution in [0.1, 0.15) is 19.3 Å². The summed E-state index contributed by atoms with van der Waals surface area (Å²) >= 11 is 1.73. The number of benzene rings is 2. The topological polar surface area (TPSA) is 37.4 Å². The summed E-state index contributed by atoms with van der Waals surface area (Å²) < 4.78 is 19.8. The molecule has 3 aromatic rings. The van der Waals surface area contributed by atoms with Gasteiger partial charge in [-0.3, -0.25) is 0 Å². The molecular weight excluding hydrogens is 373 g/mol. The third-order valence-electron chi connectivity index (χ3n) is 5.24. The lowest BCUT2D eigenvalue weighted by Crippen LogP contribution is -2.36. The molecule has 0 aliphatic carbocycles. The molecular formula is C22H26FN3OS. The van der Waals surface area contributed by atoms with Crippen molar-refractivity contribution in [3.8, 4) is 5.75 Å². The molecule has 0 unspecified atom stereocenters. The minimum absolute atomic E-state index is 0.229. The van der Waals surface area contributed by atoms with Gasteiger partial charge in [-0.05, 0) is 74.7 Å². The predicted molar refractivity (Wildman–Crippen MR) is 114 cm³/mol. The van der Waals surface area contributed by atoms with E-state index in [1.54, 1.807) is 23.5 Å². The van der Waals surface area contributed by atoms with Crippen molar-refractivity contribution in [1.82, 2.24) is 9.88 Å². The average Bonchev–Trinajstić information content (AvgIpc) is 3.15. The summed E-state index contributed by atoms with van der Waals surface area (Å²) in [6.45, 7) is 5.01. The number of para-hydroxylation sites is 1. The fourth-order valence-electron chi connectivity index (χ4n) is 3.60. The Morgan fingerprint density at radius 1 is 1.11 bits per heavy atom. The first-order chi connectivity index (χ1) is 13.8. The van der Waals surface area contributed by atoms with Crippen molar-refractivity contribution in [2.75, 3.05) is 38.1 Å². The van der Waals surface area contributed by atoms with Gasteiger partial charge in [-0.15, -0.1) is 0 Å². The van der Waals surface area contributed by atoms with Crippen molar-refractivity contribution in [2.24, 2.45) is 5.92 Å².